The van der Waals surface area contributed by atoms with E-state index in [-0.39, 0.29) is 5.92 Å². The number of nitrogens with one attached hydrogen (secondary N) is 1. The Balaban J connectivity index is 2.47. The number of primary amides is 1. The fraction of sp³-hybridized carbons (Fsp3) is 0.667. The summed E-state index contributed by atoms with van der Waals surface area (Å²) in [5, 5.41) is 11.2. The second-order valence-electron chi connectivity index (χ2n) is 2.63. The summed E-state index contributed by atoms with van der Waals surface area (Å²) in [5.74, 6) is -1.67. The zero-order valence-corrected chi connectivity index (χ0v) is 5.91. The summed E-state index contributed by atoms with van der Waals surface area (Å²) in [7, 11) is 0. The number of carboxylic acid groups (broad SMARTS) is 1. The Morgan fingerprint density at radius 1 is 1.55 bits per heavy atom. The minimum atomic E-state index is -0.922. The van der Waals surface area contributed by atoms with E-state index < -0.39 is 17.9 Å². The molecule has 5 heteroatoms. The lowest BCUT2D eigenvalue weighted by Gasteiger charge is -2.01. The molecule has 1 heterocycles. The largest absolute Gasteiger partial charge is 0.480 e. The predicted molar refractivity (Wildman–Crippen MR) is 36.7 cm³/mol. The van der Waals surface area contributed by atoms with Crippen molar-refractivity contribution in [2.75, 3.05) is 6.54 Å². The van der Waals surface area contributed by atoms with Crippen molar-refractivity contribution in [2.24, 2.45) is 11.7 Å². The maximum Gasteiger partial charge on any atom is 0.320 e. The third kappa shape index (κ3) is 1.68. The maximum atomic E-state index is 10.6. The number of amides is 1. The molecule has 1 amide bonds. The van der Waals surface area contributed by atoms with Gasteiger partial charge >= 0.3 is 5.97 Å². The molecule has 62 valence electrons. The van der Waals surface area contributed by atoms with E-state index in [0.717, 1.165) is 0 Å². The summed E-state index contributed by atoms with van der Waals surface area (Å²) < 4.78 is 0. The van der Waals surface area contributed by atoms with Crippen LogP contribution < -0.4 is 11.1 Å². The Hall–Kier alpha value is -1.10. The monoisotopic (exact) mass is 158 g/mol. The van der Waals surface area contributed by atoms with E-state index in [1.165, 1.54) is 0 Å². The number of hydrogen-bond acceptors (Lipinski definition) is 3. The molecule has 1 fully saturated rings. The van der Waals surface area contributed by atoms with Crippen LogP contribution in [0.2, 0.25) is 0 Å². The number of carbonyl (C=O) groups excluding carboxylic acids is 1. The molecule has 0 radical (unpaired) electrons. The van der Waals surface area contributed by atoms with Gasteiger partial charge < -0.3 is 16.2 Å². The quantitative estimate of drug-likeness (QED) is 0.457. The molecule has 0 aromatic heterocycles. The highest BCUT2D eigenvalue weighted by Crippen LogP contribution is 2.12. The molecule has 5 nitrogen and oxygen atoms in total. The molecule has 2 atom stereocenters. The molecule has 0 aromatic rings. The molecule has 0 aromatic carbocycles. The third-order valence-electron chi connectivity index (χ3n) is 1.83. The van der Waals surface area contributed by atoms with Gasteiger partial charge in [-0.2, -0.15) is 0 Å². The Bertz CT molecular complexity index is 172. The number of rotatable bonds is 2. The van der Waals surface area contributed by atoms with Gasteiger partial charge in [-0.15, -0.1) is 0 Å². The van der Waals surface area contributed by atoms with Crippen LogP contribution in [0.15, 0.2) is 0 Å². The molecule has 1 aliphatic heterocycles. The summed E-state index contributed by atoms with van der Waals surface area (Å²) in [6.07, 6.45) is 0.310. The summed E-state index contributed by atoms with van der Waals surface area (Å²) >= 11 is 0. The van der Waals surface area contributed by atoms with Crippen molar-refractivity contribution < 1.29 is 14.7 Å². The Kier molecular flexibility index (Phi) is 2.09. The van der Waals surface area contributed by atoms with Gasteiger partial charge in [-0.3, -0.25) is 9.59 Å². The van der Waals surface area contributed by atoms with Crippen molar-refractivity contribution in [3.8, 4) is 0 Å². The Morgan fingerprint density at radius 2 is 2.18 bits per heavy atom. The van der Waals surface area contributed by atoms with Crippen LogP contribution in [0.25, 0.3) is 0 Å². The molecular weight excluding hydrogens is 148 g/mol. The fourth-order valence-corrected chi connectivity index (χ4v) is 1.14. The molecule has 0 saturated carbocycles. The number of hydrogen-bond donors (Lipinski definition) is 3. The van der Waals surface area contributed by atoms with E-state index in [4.69, 9.17) is 10.8 Å². The predicted octanol–water partition coefficient (Wildman–Crippen LogP) is -1.47. The summed E-state index contributed by atoms with van der Waals surface area (Å²) in [6.45, 7) is 0.381. The van der Waals surface area contributed by atoms with Crippen LogP contribution in [0.5, 0.6) is 0 Å². The molecule has 0 spiro atoms. The molecule has 4 N–H and O–H groups in total. The molecule has 1 aliphatic rings. The van der Waals surface area contributed by atoms with Crippen LogP contribution in [0.4, 0.5) is 0 Å². The van der Waals surface area contributed by atoms with E-state index in [0.29, 0.717) is 13.0 Å². The molecule has 1 saturated heterocycles. The van der Waals surface area contributed by atoms with Gasteiger partial charge in [0.25, 0.3) is 0 Å². The molecule has 0 aliphatic carbocycles. The smallest absolute Gasteiger partial charge is 0.320 e. The first-order chi connectivity index (χ1) is 5.11. The van der Waals surface area contributed by atoms with E-state index in [1.54, 1.807) is 0 Å². The van der Waals surface area contributed by atoms with Gasteiger partial charge in [0.15, 0.2) is 0 Å². The van der Waals surface area contributed by atoms with Gasteiger partial charge in [0, 0.05) is 6.54 Å². The number of carboxylic acids is 1. The number of carbonyl (C=O) groups is 2. The topological polar surface area (TPSA) is 92.4 Å². The first-order valence-corrected chi connectivity index (χ1v) is 3.36. The van der Waals surface area contributed by atoms with Crippen molar-refractivity contribution >= 4 is 11.9 Å². The lowest BCUT2D eigenvalue weighted by atomic mass is 10.1. The molecule has 1 rings (SSSR count). The first kappa shape index (κ1) is 8.00. The first-order valence-electron chi connectivity index (χ1n) is 3.36. The number of aliphatic carboxylic acids is 1. The van der Waals surface area contributed by atoms with E-state index in [9.17, 15) is 9.59 Å². The van der Waals surface area contributed by atoms with Crippen molar-refractivity contribution in [1.82, 2.24) is 5.32 Å². The van der Waals surface area contributed by atoms with Crippen LogP contribution >= 0.6 is 0 Å². The highest BCUT2D eigenvalue weighted by Gasteiger charge is 2.31. The van der Waals surface area contributed by atoms with Crippen LogP contribution in [0.1, 0.15) is 6.42 Å². The molecule has 0 bridgehead atoms. The highest BCUT2D eigenvalue weighted by molar-refractivity contribution is 5.80. The second kappa shape index (κ2) is 2.87. The van der Waals surface area contributed by atoms with Crippen LogP contribution in [-0.2, 0) is 9.59 Å². The SMILES string of the molecule is NC(=O)C1CN[C@H](C(=O)O)C1. The Labute approximate surface area is 63.6 Å². The molecule has 1 unspecified atom stereocenters. The van der Waals surface area contributed by atoms with Crippen LogP contribution in [0.3, 0.4) is 0 Å². The van der Waals surface area contributed by atoms with Crippen molar-refractivity contribution in [1.29, 1.82) is 0 Å². The average molecular weight is 158 g/mol. The molecule has 11 heavy (non-hydrogen) atoms. The minimum absolute atomic E-state index is 0.310. The number of nitrogens with two attached hydrogens (primary N) is 1. The van der Waals surface area contributed by atoms with E-state index >= 15 is 0 Å². The van der Waals surface area contributed by atoms with Crippen LogP contribution in [0, 0.1) is 5.92 Å². The zero-order valence-electron chi connectivity index (χ0n) is 5.91. The minimum Gasteiger partial charge on any atom is -0.480 e. The zero-order chi connectivity index (χ0) is 8.43. The van der Waals surface area contributed by atoms with Gasteiger partial charge in [0.2, 0.25) is 5.91 Å². The lowest BCUT2D eigenvalue weighted by molar-refractivity contribution is -0.139. The van der Waals surface area contributed by atoms with Crippen molar-refractivity contribution in [3.05, 3.63) is 0 Å². The van der Waals surface area contributed by atoms with Gasteiger partial charge in [-0.1, -0.05) is 0 Å². The van der Waals surface area contributed by atoms with Gasteiger partial charge in [0.05, 0.1) is 5.92 Å². The van der Waals surface area contributed by atoms with Gasteiger partial charge in [-0.05, 0) is 6.42 Å². The van der Waals surface area contributed by atoms with Gasteiger partial charge in [-0.25, -0.2) is 0 Å². The van der Waals surface area contributed by atoms with Crippen molar-refractivity contribution in [3.63, 3.8) is 0 Å². The normalized spacial score (nSPS) is 30.2. The second-order valence-corrected chi connectivity index (χ2v) is 2.63. The van der Waals surface area contributed by atoms with E-state index in [1.807, 2.05) is 0 Å². The average Bonchev–Trinajstić information content (AvgIpc) is 2.33. The van der Waals surface area contributed by atoms with Crippen molar-refractivity contribution in [2.45, 2.75) is 12.5 Å². The van der Waals surface area contributed by atoms with E-state index in [2.05, 4.69) is 5.32 Å². The third-order valence-corrected chi connectivity index (χ3v) is 1.83. The highest BCUT2D eigenvalue weighted by atomic mass is 16.4. The Morgan fingerprint density at radius 3 is 2.45 bits per heavy atom. The summed E-state index contributed by atoms with van der Waals surface area (Å²) in [5.41, 5.74) is 4.99. The maximum absolute atomic E-state index is 10.6. The van der Waals surface area contributed by atoms with Gasteiger partial charge in [0.1, 0.15) is 6.04 Å². The summed E-state index contributed by atoms with van der Waals surface area (Å²) in [4.78, 5) is 20.9. The van der Waals surface area contributed by atoms with Crippen LogP contribution in [-0.4, -0.2) is 29.6 Å². The fourth-order valence-electron chi connectivity index (χ4n) is 1.14. The standard InChI is InChI=1S/C6H10N2O3/c7-5(9)3-1-4(6(10)11)8-2-3/h3-4,8H,1-2H2,(H2,7,9)(H,10,11)/t3?,4-/m0/s1. The summed E-state index contributed by atoms with van der Waals surface area (Å²) in [6, 6.07) is -0.604. The molecular formula is C6H10N2O3. The lowest BCUT2D eigenvalue weighted by Crippen LogP contribution is -2.30.